The lowest BCUT2D eigenvalue weighted by atomic mass is 9.98. The molecule has 2 rings (SSSR count). The first-order chi connectivity index (χ1) is 9.65. The van der Waals surface area contributed by atoms with Crippen molar-refractivity contribution in [3.8, 4) is 0 Å². The monoisotopic (exact) mass is 280 g/mol. The van der Waals surface area contributed by atoms with Gasteiger partial charge in [0, 0.05) is 39.9 Å². The van der Waals surface area contributed by atoms with Crippen LogP contribution >= 0.6 is 0 Å². The summed E-state index contributed by atoms with van der Waals surface area (Å²) in [7, 11) is 3.46. The van der Waals surface area contributed by atoms with E-state index < -0.39 is 0 Å². The normalized spacial score (nSPS) is 16.2. The van der Waals surface area contributed by atoms with Crippen LogP contribution in [0.4, 0.5) is 17.3 Å². The topological polar surface area (TPSA) is 80.5 Å². The van der Waals surface area contributed by atoms with Gasteiger partial charge in [-0.1, -0.05) is 0 Å². The van der Waals surface area contributed by atoms with Crippen LogP contribution in [-0.4, -0.2) is 43.8 Å². The van der Waals surface area contributed by atoms with Gasteiger partial charge in [0.05, 0.1) is 4.92 Å². The number of nitrogens with one attached hydrogen (secondary N) is 1. The van der Waals surface area contributed by atoms with Gasteiger partial charge in [0.1, 0.15) is 5.82 Å². The molecule has 1 N–H and O–H groups in total. The fourth-order valence-electron chi connectivity index (χ4n) is 2.50. The molecule has 110 valence electrons. The predicted octanol–water partition coefficient (Wildman–Crippen LogP) is 1.89. The first-order valence-electron chi connectivity index (χ1n) is 6.72. The van der Waals surface area contributed by atoms with E-state index in [1.807, 2.05) is 4.90 Å². The molecule has 1 aromatic heterocycles. The summed E-state index contributed by atoms with van der Waals surface area (Å²) >= 11 is 0. The maximum atomic E-state index is 11.1. The van der Waals surface area contributed by atoms with E-state index in [1.165, 1.54) is 6.07 Å². The molecule has 1 aromatic rings. The molecule has 7 nitrogen and oxygen atoms in total. The third kappa shape index (κ3) is 3.16. The van der Waals surface area contributed by atoms with Crippen molar-refractivity contribution in [2.24, 2.45) is 5.92 Å². The van der Waals surface area contributed by atoms with Gasteiger partial charge in [-0.15, -0.1) is 0 Å². The third-order valence-electron chi connectivity index (χ3n) is 3.62. The highest BCUT2D eigenvalue weighted by molar-refractivity contribution is 5.61. The zero-order valence-electron chi connectivity index (χ0n) is 11.8. The van der Waals surface area contributed by atoms with E-state index >= 15 is 0 Å². The Labute approximate surface area is 118 Å². The van der Waals surface area contributed by atoms with Gasteiger partial charge in [0.25, 0.3) is 0 Å². The first kappa shape index (κ1) is 14.5. The lowest BCUT2D eigenvalue weighted by Crippen LogP contribution is -2.36. The van der Waals surface area contributed by atoms with Crippen LogP contribution in [0.2, 0.25) is 0 Å². The van der Waals surface area contributed by atoms with Gasteiger partial charge < -0.3 is 15.0 Å². The minimum absolute atomic E-state index is 0.0641. The van der Waals surface area contributed by atoms with Crippen molar-refractivity contribution in [2.45, 2.75) is 12.8 Å². The Morgan fingerprint density at radius 2 is 2.20 bits per heavy atom. The smallest absolute Gasteiger partial charge is 0.311 e. The third-order valence-corrected chi connectivity index (χ3v) is 3.62. The van der Waals surface area contributed by atoms with Crippen LogP contribution in [0.3, 0.4) is 0 Å². The summed E-state index contributed by atoms with van der Waals surface area (Å²) < 4.78 is 5.17. The second kappa shape index (κ2) is 6.51. The minimum Gasteiger partial charge on any atom is -0.384 e. The van der Waals surface area contributed by atoms with Crippen LogP contribution in [0.5, 0.6) is 0 Å². The number of rotatable bonds is 5. The number of hydrogen-bond donors (Lipinski definition) is 1. The average Bonchev–Trinajstić information content (AvgIpc) is 2.47. The van der Waals surface area contributed by atoms with Crippen molar-refractivity contribution in [2.75, 3.05) is 44.1 Å². The second-order valence-corrected chi connectivity index (χ2v) is 4.93. The maximum Gasteiger partial charge on any atom is 0.311 e. The van der Waals surface area contributed by atoms with Crippen LogP contribution in [-0.2, 0) is 4.74 Å². The van der Waals surface area contributed by atoms with E-state index in [9.17, 15) is 10.1 Å². The summed E-state index contributed by atoms with van der Waals surface area (Å²) in [4.78, 5) is 17.1. The van der Waals surface area contributed by atoms with E-state index in [0.717, 1.165) is 32.5 Å². The first-order valence-corrected chi connectivity index (χ1v) is 6.72. The Bertz CT molecular complexity index is 473. The number of methoxy groups -OCH3 is 1. The predicted molar refractivity (Wildman–Crippen MR) is 77.3 cm³/mol. The molecule has 0 atom stereocenters. The Balaban J connectivity index is 2.17. The zero-order valence-corrected chi connectivity index (χ0v) is 11.8. The number of nitro groups is 1. The van der Waals surface area contributed by atoms with Crippen molar-refractivity contribution >= 4 is 17.3 Å². The minimum atomic E-state index is -0.372. The molecule has 1 aliphatic heterocycles. The van der Waals surface area contributed by atoms with Crippen LogP contribution in [0.25, 0.3) is 0 Å². The number of piperidine rings is 1. The maximum absolute atomic E-state index is 11.1. The number of anilines is 2. The number of aromatic nitrogens is 1. The molecule has 0 unspecified atom stereocenters. The number of hydrogen-bond acceptors (Lipinski definition) is 6. The summed E-state index contributed by atoms with van der Waals surface area (Å²) in [6, 6.07) is 3.13. The molecule has 1 fully saturated rings. The molecule has 0 spiro atoms. The number of pyridine rings is 1. The van der Waals surface area contributed by atoms with Crippen molar-refractivity contribution in [1.82, 2.24) is 4.98 Å². The van der Waals surface area contributed by atoms with E-state index in [-0.39, 0.29) is 10.6 Å². The summed E-state index contributed by atoms with van der Waals surface area (Å²) in [6.45, 7) is 2.30. The molecule has 1 saturated heterocycles. The quantitative estimate of drug-likeness (QED) is 0.655. The Morgan fingerprint density at radius 3 is 2.75 bits per heavy atom. The molecule has 0 radical (unpaired) electrons. The zero-order chi connectivity index (χ0) is 14.5. The molecule has 0 aromatic carbocycles. The standard InChI is InChI=1S/C13H20N4O3/c1-14-12-4-3-11(17(18)19)13(15-12)16-7-5-10(6-8-16)9-20-2/h3-4,10H,5-9H2,1-2H3,(H,14,15). The molecule has 1 aliphatic rings. The molecular formula is C13H20N4O3. The largest absolute Gasteiger partial charge is 0.384 e. The van der Waals surface area contributed by atoms with Crippen LogP contribution in [0.15, 0.2) is 12.1 Å². The lowest BCUT2D eigenvalue weighted by Gasteiger charge is -2.32. The summed E-state index contributed by atoms with van der Waals surface area (Å²) in [6.07, 6.45) is 1.94. The lowest BCUT2D eigenvalue weighted by molar-refractivity contribution is -0.384. The van der Waals surface area contributed by atoms with Crippen molar-refractivity contribution in [3.63, 3.8) is 0 Å². The van der Waals surface area contributed by atoms with Gasteiger partial charge in [0.2, 0.25) is 5.82 Å². The molecule has 0 aliphatic carbocycles. The highest BCUT2D eigenvalue weighted by Crippen LogP contribution is 2.30. The summed E-state index contributed by atoms with van der Waals surface area (Å²) in [5.74, 6) is 1.63. The van der Waals surface area contributed by atoms with Crippen molar-refractivity contribution in [3.05, 3.63) is 22.2 Å². The van der Waals surface area contributed by atoms with Gasteiger partial charge in [-0.25, -0.2) is 4.98 Å². The fraction of sp³-hybridized carbons (Fsp3) is 0.615. The van der Waals surface area contributed by atoms with E-state index in [2.05, 4.69) is 10.3 Å². The van der Waals surface area contributed by atoms with Crippen molar-refractivity contribution in [1.29, 1.82) is 0 Å². The molecule has 7 heteroatoms. The van der Waals surface area contributed by atoms with Gasteiger partial charge >= 0.3 is 5.69 Å². The summed E-state index contributed by atoms with van der Waals surface area (Å²) in [5.41, 5.74) is 0.0641. The number of nitrogens with zero attached hydrogens (tertiary/aromatic N) is 3. The highest BCUT2D eigenvalue weighted by atomic mass is 16.6. The van der Waals surface area contributed by atoms with Gasteiger partial charge in [-0.3, -0.25) is 10.1 Å². The van der Waals surface area contributed by atoms with E-state index in [1.54, 1.807) is 20.2 Å². The Morgan fingerprint density at radius 1 is 1.50 bits per heavy atom. The van der Waals surface area contributed by atoms with Crippen LogP contribution in [0.1, 0.15) is 12.8 Å². The second-order valence-electron chi connectivity index (χ2n) is 4.93. The molecule has 2 heterocycles. The van der Waals surface area contributed by atoms with Gasteiger partial charge in [0.15, 0.2) is 0 Å². The molecule has 0 amide bonds. The van der Waals surface area contributed by atoms with Crippen LogP contribution < -0.4 is 10.2 Å². The molecule has 0 bridgehead atoms. The Hall–Kier alpha value is -1.89. The summed E-state index contributed by atoms with van der Waals surface area (Å²) in [5, 5.41) is 14.1. The highest BCUT2D eigenvalue weighted by Gasteiger charge is 2.26. The van der Waals surface area contributed by atoms with Gasteiger partial charge in [-0.2, -0.15) is 0 Å². The van der Waals surface area contributed by atoms with Crippen LogP contribution in [0, 0.1) is 16.0 Å². The van der Waals surface area contributed by atoms with E-state index in [4.69, 9.17) is 4.74 Å². The van der Waals surface area contributed by atoms with E-state index in [0.29, 0.717) is 17.6 Å². The Kier molecular flexibility index (Phi) is 4.73. The van der Waals surface area contributed by atoms with Crippen molar-refractivity contribution < 1.29 is 9.66 Å². The molecule has 0 saturated carbocycles. The average molecular weight is 280 g/mol. The SMILES string of the molecule is CNc1ccc([N+](=O)[O-])c(N2CCC(COC)CC2)n1. The fourth-order valence-corrected chi connectivity index (χ4v) is 2.50. The van der Waals surface area contributed by atoms with Gasteiger partial charge in [-0.05, 0) is 24.8 Å². The molecule has 20 heavy (non-hydrogen) atoms. The number of ether oxygens (including phenoxy) is 1. The molecular weight excluding hydrogens is 260 g/mol.